The number of carbonyl (C=O) groups is 1. The lowest BCUT2D eigenvalue weighted by Crippen LogP contribution is -2.15. The summed E-state index contributed by atoms with van der Waals surface area (Å²) in [6.07, 6.45) is 0. The van der Waals surface area contributed by atoms with Gasteiger partial charge in [0.1, 0.15) is 0 Å². The number of thioether (sulfide) groups is 1. The van der Waals surface area contributed by atoms with Crippen molar-refractivity contribution in [3.63, 3.8) is 0 Å². The van der Waals surface area contributed by atoms with Gasteiger partial charge in [0.25, 0.3) is 0 Å². The molecule has 0 aliphatic rings. The average molecular weight is 461 g/mol. The summed E-state index contributed by atoms with van der Waals surface area (Å²) in [6, 6.07) is 9.08. The fourth-order valence-corrected chi connectivity index (χ4v) is 4.19. The molecular formula is C16H9Cl4N5OS. The highest BCUT2D eigenvalue weighted by Gasteiger charge is 2.18. The van der Waals surface area contributed by atoms with Gasteiger partial charge in [0, 0.05) is 0 Å². The zero-order valence-corrected chi connectivity index (χ0v) is 17.1. The van der Waals surface area contributed by atoms with E-state index in [1.807, 2.05) is 28.7 Å². The molecule has 2 N–H and O–H groups in total. The largest absolute Gasteiger partial charge is 0.323 e. The average Bonchev–Trinajstić information content (AvgIpc) is 3.21. The van der Waals surface area contributed by atoms with Crippen LogP contribution in [0.3, 0.4) is 0 Å². The number of rotatable bonds is 4. The molecule has 6 nitrogen and oxygen atoms in total. The number of aromatic amines is 1. The summed E-state index contributed by atoms with van der Waals surface area (Å²) in [5.74, 6) is 0.345. The van der Waals surface area contributed by atoms with E-state index in [1.165, 1.54) is 17.8 Å². The predicted octanol–water partition coefficient (Wildman–Crippen LogP) is 5.56. The number of benzene rings is 2. The van der Waals surface area contributed by atoms with Crippen LogP contribution in [0.4, 0.5) is 5.69 Å². The number of imidazole rings is 1. The van der Waals surface area contributed by atoms with Crippen molar-refractivity contribution in [3.05, 3.63) is 50.4 Å². The van der Waals surface area contributed by atoms with Gasteiger partial charge in [-0.25, -0.2) is 10.1 Å². The first kappa shape index (κ1) is 18.7. The quantitative estimate of drug-likeness (QED) is 0.309. The zero-order valence-electron chi connectivity index (χ0n) is 13.3. The number of hydrogen-bond donors (Lipinski definition) is 2. The van der Waals surface area contributed by atoms with E-state index in [-0.39, 0.29) is 37.4 Å². The second-order valence-electron chi connectivity index (χ2n) is 5.45. The van der Waals surface area contributed by atoms with Gasteiger partial charge in [0.05, 0.1) is 42.6 Å². The minimum Gasteiger partial charge on any atom is -0.323 e. The second-order valence-corrected chi connectivity index (χ2v) is 7.96. The summed E-state index contributed by atoms with van der Waals surface area (Å²) in [5.41, 5.74) is 1.92. The molecular weight excluding hydrogens is 452 g/mol. The number of nitrogens with zero attached hydrogens (tertiary/aromatic N) is 3. The Labute approximate surface area is 177 Å². The van der Waals surface area contributed by atoms with Crippen molar-refractivity contribution in [1.82, 2.24) is 19.6 Å². The van der Waals surface area contributed by atoms with Crippen LogP contribution in [0, 0.1) is 0 Å². The Morgan fingerprint density at radius 2 is 1.85 bits per heavy atom. The maximum Gasteiger partial charge on any atom is 0.234 e. The molecule has 0 saturated heterocycles. The summed E-state index contributed by atoms with van der Waals surface area (Å²) < 4.78 is 1.85. The summed E-state index contributed by atoms with van der Waals surface area (Å²) >= 11 is 25.4. The van der Waals surface area contributed by atoms with Crippen LogP contribution in [-0.4, -0.2) is 31.2 Å². The van der Waals surface area contributed by atoms with Crippen LogP contribution in [0.2, 0.25) is 20.1 Å². The molecule has 2 heterocycles. The van der Waals surface area contributed by atoms with Crippen molar-refractivity contribution in [2.75, 3.05) is 11.1 Å². The van der Waals surface area contributed by atoms with Crippen LogP contribution >= 0.6 is 58.2 Å². The van der Waals surface area contributed by atoms with Crippen LogP contribution < -0.4 is 5.32 Å². The van der Waals surface area contributed by atoms with Crippen molar-refractivity contribution in [3.8, 4) is 0 Å². The van der Waals surface area contributed by atoms with E-state index in [1.54, 1.807) is 0 Å². The first-order chi connectivity index (χ1) is 13.0. The number of fused-ring (bicyclic) bond motifs is 3. The summed E-state index contributed by atoms with van der Waals surface area (Å²) in [7, 11) is 0. The number of para-hydroxylation sites is 2. The van der Waals surface area contributed by atoms with E-state index < -0.39 is 0 Å². The fourth-order valence-electron chi connectivity index (χ4n) is 2.53. The molecule has 27 heavy (non-hydrogen) atoms. The molecule has 4 rings (SSSR count). The van der Waals surface area contributed by atoms with Gasteiger partial charge in [-0.15, -0.1) is 5.10 Å². The SMILES string of the molecule is O=C(CSc1n[nH]c2nc3ccccc3n12)Nc1c(Cl)c(Cl)cc(Cl)c1Cl. The van der Waals surface area contributed by atoms with E-state index in [9.17, 15) is 4.79 Å². The number of amides is 1. The molecule has 0 aliphatic heterocycles. The molecule has 1 amide bonds. The van der Waals surface area contributed by atoms with E-state index in [2.05, 4.69) is 20.5 Å². The van der Waals surface area contributed by atoms with Crippen molar-refractivity contribution in [2.24, 2.45) is 0 Å². The van der Waals surface area contributed by atoms with Gasteiger partial charge >= 0.3 is 0 Å². The van der Waals surface area contributed by atoms with Crippen molar-refractivity contribution in [2.45, 2.75) is 5.16 Å². The van der Waals surface area contributed by atoms with Crippen LogP contribution in [0.15, 0.2) is 35.5 Å². The molecule has 0 unspecified atom stereocenters. The monoisotopic (exact) mass is 459 g/mol. The predicted molar refractivity (Wildman–Crippen MR) is 111 cm³/mol. The first-order valence-corrected chi connectivity index (χ1v) is 10.0. The third-order valence-electron chi connectivity index (χ3n) is 3.71. The minimum absolute atomic E-state index is 0.0727. The maximum absolute atomic E-state index is 12.4. The van der Waals surface area contributed by atoms with Gasteiger partial charge in [-0.05, 0) is 18.2 Å². The normalized spacial score (nSPS) is 11.4. The molecule has 2 aromatic heterocycles. The highest BCUT2D eigenvalue weighted by molar-refractivity contribution is 7.99. The van der Waals surface area contributed by atoms with Gasteiger partial charge in [0.15, 0.2) is 5.16 Å². The van der Waals surface area contributed by atoms with Crippen LogP contribution in [0.5, 0.6) is 0 Å². The molecule has 11 heteroatoms. The minimum atomic E-state index is -0.331. The van der Waals surface area contributed by atoms with Gasteiger partial charge in [-0.1, -0.05) is 70.3 Å². The topological polar surface area (TPSA) is 75.1 Å². The summed E-state index contributed by atoms with van der Waals surface area (Å²) in [4.78, 5) is 16.8. The van der Waals surface area contributed by atoms with Crippen molar-refractivity contribution < 1.29 is 4.79 Å². The number of aromatic nitrogens is 4. The molecule has 2 aromatic carbocycles. The fraction of sp³-hybridized carbons (Fsp3) is 0.0625. The Morgan fingerprint density at radius 3 is 2.59 bits per heavy atom. The number of hydrogen-bond acceptors (Lipinski definition) is 4. The Kier molecular flexibility index (Phi) is 5.13. The first-order valence-electron chi connectivity index (χ1n) is 7.53. The highest BCUT2D eigenvalue weighted by Crippen LogP contribution is 2.41. The molecule has 4 aromatic rings. The van der Waals surface area contributed by atoms with E-state index in [4.69, 9.17) is 46.4 Å². The lowest BCUT2D eigenvalue weighted by atomic mass is 10.3. The lowest BCUT2D eigenvalue weighted by molar-refractivity contribution is -0.113. The Morgan fingerprint density at radius 1 is 1.15 bits per heavy atom. The van der Waals surface area contributed by atoms with Crippen LogP contribution in [0.25, 0.3) is 16.8 Å². The number of halogens is 4. The van der Waals surface area contributed by atoms with Gasteiger partial charge in [-0.2, -0.15) is 0 Å². The van der Waals surface area contributed by atoms with Gasteiger partial charge in [-0.3, -0.25) is 9.20 Å². The summed E-state index contributed by atoms with van der Waals surface area (Å²) in [6.45, 7) is 0. The Hall–Kier alpha value is -1.64. The molecule has 0 saturated carbocycles. The van der Waals surface area contributed by atoms with Gasteiger partial charge in [0.2, 0.25) is 11.7 Å². The number of nitrogens with one attached hydrogen (secondary N) is 2. The third kappa shape index (κ3) is 3.46. The standard InChI is InChI=1S/C16H9Cl4N5OS/c17-7-5-8(18)13(20)14(12(7)19)22-11(26)6-27-16-24-23-15-21-9-3-1-2-4-10(9)25(15)16/h1-5H,6H2,(H,21,23)(H,22,26). The van der Waals surface area contributed by atoms with Gasteiger partial charge < -0.3 is 5.32 Å². The number of carbonyl (C=O) groups excluding carboxylic acids is 1. The molecule has 0 aliphatic carbocycles. The number of anilines is 1. The van der Waals surface area contributed by atoms with E-state index in [0.29, 0.717) is 10.9 Å². The molecule has 0 bridgehead atoms. The molecule has 0 radical (unpaired) electrons. The van der Waals surface area contributed by atoms with E-state index in [0.717, 1.165) is 11.0 Å². The van der Waals surface area contributed by atoms with Crippen molar-refractivity contribution >= 4 is 86.6 Å². The Balaban J connectivity index is 1.55. The van der Waals surface area contributed by atoms with Crippen LogP contribution in [-0.2, 0) is 4.79 Å². The lowest BCUT2D eigenvalue weighted by Gasteiger charge is -2.11. The summed E-state index contributed by atoms with van der Waals surface area (Å²) in [5, 5.41) is 11.0. The third-order valence-corrected chi connectivity index (χ3v) is 6.23. The van der Waals surface area contributed by atoms with E-state index >= 15 is 0 Å². The van der Waals surface area contributed by atoms with Crippen LogP contribution in [0.1, 0.15) is 0 Å². The molecule has 0 fully saturated rings. The highest BCUT2D eigenvalue weighted by atomic mass is 35.5. The van der Waals surface area contributed by atoms with Crippen molar-refractivity contribution in [1.29, 1.82) is 0 Å². The molecule has 0 atom stereocenters. The zero-order chi connectivity index (χ0) is 19.1. The molecule has 0 spiro atoms. The Bertz CT molecular complexity index is 1160. The molecule has 138 valence electrons. The smallest absolute Gasteiger partial charge is 0.234 e. The number of H-pyrrole nitrogens is 1. The maximum atomic E-state index is 12.4. The second kappa shape index (κ2) is 7.41.